The van der Waals surface area contributed by atoms with Crippen molar-refractivity contribution >= 4 is 15.9 Å². The molecule has 0 aromatic carbocycles. The van der Waals surface area contributed by atoms with Gasteiger partial charge in [-0.2, -0.15) is 0 Å². The number of nitrogens with one attached hydrogen (secondary N) is 1. The number of rotatable bonds is 2. The van der Waals surface area contributed by atoms with Crippen LogP contribution >= 0.6 is 15.9 Å². The van der Waals surface area contributed by atoms with E-state index in [1.54, 1.807) is 6.20 Å². The van der Waals surface area contributed by atoms with Gasteiger partial charge in [-0.1, -0.05) is 26.2 Å². The molecular weight excluding hydrogens is 268 g/mol. The number of aromatic amines is 1. The third-order valence-corrected chi connectivity index (χ3v) is 4.09. The molecule has 88 valence electrons. The van der Waals surface area contributed by atoms with Crippen LogP contribution < -0.4 is 5.56 Å². The van der Waals surface area contributed by atoms with E-state index in [0.717, 1.165) is 18.2 Å². The minimum atomic E-state index is -0.0661. The van der Waals surface area contributed by atoms with Gasteiger partial charge in [-0.25, -0.2) is 4.98 Å². The molecule has 0 bridgehead atoms. The van der Waals surface area contributed by atoms with Gasteiger partial charge in [-0.15, -0.1) is 0 Å². The predicted molar refractivity (Wildman–Crippen MR) is 67.5 cm³/mol. The van der Waals surface area contributed by atoms with Crippen molar-refractivity contribution in [2.75, 3.05) is 0 Å². The lowest BCUT2D eigenvalue weighted by molar-refractivity contribution is 0.307. The highest BCUT2D eigenvalue weighted by Crippen LogP contribution is 2.35. The molecule has 0 radical (unpaired) electrons. The van der Waals surface area contributed by atoms with Crippen LogP contribution in [0.1, 0.15) is 50.8 Å². The summed E-state index contributed by atoms with van der Waals surface area (Å²) in [5.41, 5.74) is -0.0661. The number of aromatic nitrogens is 2. The molecule has 1 aromatic rings. The lowest BCUT2D eigenvalue weighted by atomic mass is 9.80. The van der Waals surface area contributed by atoms with Crippen LogP contribution in [0.15, 0.2) is 15.5 Å². The van der Waals surface area contributed by atoms with Gasteiger partial charge in [0, 0.05) is 12.1 Å². The summed E-state index contributed by atoms with van der Waals surface area (Å²) < 4.78 is 0.513. The van der Waals surface area contributed by atoms with Crippen LogP contribution in [-0.2, 0) is 0 Å². The summed E-state index contributed by atoms with van der Waals surface area (Å²) in [5, 5.41) is 0. The smallest absolute Gasteiger partial charge is 0.265 e. The average molecular weight is 285 g/mol. The third kappa shape index (κ3) is 2.54. The molecule has 2 unspecified atom stereocenters. The first-order chi connectivity index (χ1) is 7.70. The highest BCUT2D eigenvalue weighted by molar-refractivity contribution is 9.10. The summed E-state index contributed by atoms with van der Waals surface area (Å²) in [6.45, 7) is 2.24. The normalized spacial score (nSPS) is 25.6. The Morgan fingerprint density at radius 1 is 1.56 bits per heavy atom. The van der Waals surface area contributed by atoms with Gasteiger partial charge in [0.05, 0.1) is 0 Å². The van der Waals surface area contributed by atoms with Gasteiger partial charge in [0.15, 0.2) is 0 Å². The Hall–Kier alpha value is -0.640. The van der Waals surface area contributed by atoms with Crippen LogP contribution in [0, 0.1) is 5.92 Å². The Morgan fingerprint density at radius 3 is 3.06 bits per heavy atom. The van der Waals surface area contributed by atoms with E-state index in [1.165, 1.54) is 25.7 Å². The Kier molecular flexibility index (Phi) is 3.79. The minimum Gasteiger partial charge on any atom is -0.309 e. The summed E-state index contributed by atoms with van der Waals surface area (Å²) in [4.78, 5) is 18.7. The van der Waals surface area contributed by atoms with Crippen molar-refractivity contribution < 1.29 is 0 Å². The van der Waals surface area contributed by atoms with E-state index >= 15 is 0 Å². The standard InChI is InChI=1S/C12H17BrN2O/c1-2-8-4-3-5-9(6-8)11-14-7-10(13)12(16)15-11/h7-9H,2-6H2,1H3,(H,14,15,16). The van der Waals surface area contributed by atoms with Crippen LogP contribution in [-0.4, -0.2) is 9.97 Å². The summed E-state index contributed by atoms with van der Waals surface area (Å²) in [6, 6.07) is 0. The van der Waals surface area contributed by atoms with Crippen molar-refractivity contribution in [3.05, 3.63) is 26.8 Å². The largest absolute Gasteiger partial charge is 0.309 e. The molecule has 1 aliphatic rings. The van der Waals surface area contributed by atoms with E-state index in [1.807, 2.05) is 0 Å². The zero-order valence-electron chi connectivity index (χ0n) is 9.50. The quantitative estimate of drug-likeness (QED) is 0.906. The molecule has 1 N–H and O–H groups in total. The molecule has 1 saturated carbocycles. The van der Waals surface area contributed by atoms with E-state index in [9.17, 15) is 4.79 Å². The minimum absolute atomic E-state index is 0.0661. The van der Waals surface area contributed by atoms with Crippen molar-refractivity contribution in [1.82, 2.24) is 9.97 Å². The van der Waals surface area contributed by atoms with E-state index < -0.39 is 0 Å². The van der Waals surface area contributed by atoms with Gasteiger partial charge >= 0.3 is 0 Å². The van der Waals surface area contributed by atoms with Gasteiger partial charge in [0.1, 0.15) is 10.3 Å². The number of nitrogens with zero attached hydrogens (tertiary/aromatic N) is 1. The van der Waals surface area contributed by atoms with E-state index in [-0.39, 0.29) is 5.56 Å². The Balaban J connectivity index is 2.17. The average Bonchev–Trinajstić information content (AvgIpc) is 2.33. The highest BCUT2D eigenvalue weighted by Gasteiger charge is 2.23. The molecule has 16 heavy (non-hydrogen) atoms. The molecular formula is C12H17BrN2O. The van der Waals surface area contributed by atoms with E-state index in [0.29, 0.717) is 10.4 Å². The summed E-state index contributed by atoms with van der Waals surface area (Å²) >= 11 is 3.17. The monoisotopic (exact) mass is 284 g/mol. The molecule has 1 fully saturated rings. The van der Waals surface area contributed by atoms with Crippen molar-refractivity contribution in [2.45, 2.75) is 44.9 Å². The second-order valence-corrected chi connectivity index (χ2v) is 5.44. The second kappa shape index (κ2) is 5.13. The number of halogens is 1. The molecule has 2 rings (SSSR count). The van der Waals surface area contributed by atoms with E-state index in [4.69, 9.17) is 0 Å². The fraction of sp³-hybridized carbons (Fsp3) is 0.667. The molecule has 0 saturated heterocycles. The molecule has 0 aliphatic heterocycles. The maximum atomic E-state index is 11.5. The van der Waals surface area contributed by atoms with Crippen molar-refractivity contribution in [3.8, 4) is 0 Å². The second-order valence-electron chi connectivity index (χ2n) is 4.58. The van der Waals surface area contributed by atoms with Crippen LogP contribution in [0.3, 0.4) is 0 Å². The van der Waals surface area contributed by atoms with Crippen LogP contribution in [0.25, 0.3) is 0 Å². The zero-order valence-corrected chi connectivity index (χ0v) is 11.1. The molecule has 0 amide bonds. The van der Waals surface area contributed by atoms with Gasteiger partial charge in [0.25, 0.3) is 5.56 Å². The number of H-pyrrole nitrogens is 1. The lowest BCUT2D eigenvalue weighted by Crippen LogP contribution is -2.19. The van der Waals surface area contributed by atoms with Crippen molar-refractivity contribution in [1.29, 1.82) is 0 Å². The van der Waals surface area contributed by atoms with Crippen LogP contribution in [0.4, 0.5) is 0 Å². The third-order valence-electron chi connectivity index (χ3n) is 3.52. The molecule has 0 spiro atoms. The van der Waals surface area contributed by atoms with Crippen molar-refractivity contribution in [2.24, 2.45) is 5.92 Å². The molecule has 1 aromatic heterocycles. The first-order valence-electron chi connectivity index (χ1n) is 5.95. The summed E-state index contributed by atoms with van der Waals surface area (Å²) in [6.07, 6.45) is 7.75. The number of hydrogen-bond acceptors (Lipinski definition) is 2. The van der Waals surface area contributed by atoms with Crippen LogP contribution in [0.2, 0.25) is 0 Å². The first kappa shape index (κ1) is 11.8. The lowest BCUT2D eigenvalue weighted by Gasteiger charge is -2.27. The first-order valence-corrected chi connectivity index (χ1v) is 6.74. The fourth-order valence-electron chi connectivity index (χ4n) is 2.51. The van der Waals surface area contributed by atoms with Gasteiger partial charge < -0.3 is 4.98 Å². The highest BCUT2D eigenvalue weighted by atomic mass is 79.9. The molecule has 4 heteroatoms. The Bertz CT molecular complexity index is 416. The van der Waals surface area contributed by atoms with Crippen LogP contribution in [0.5, 0.6) is 0 Å². The molecule has 3 nitrogen and oxygen atoms in total. The fourth-order valence-corrected chi connectivity index (χ4v) is 2.71. The maximum absolute atomic E-state index is 11.5. The Labute approximate surface area is 104 Å². The number of hydrogen-bond donors (Lipinski definition) is 1. The summed E-state index contributed by atoms with van der Waals surface area (Å²) in [5.74, 6) is 2.11. The van der Waals surface area contributed by atoms with Gasteiger partial charge in [-0.05, 0) is 34.7 Å². The van der Waals surface area contributed by atoms with Gasteiger partial charge in [-0.3, -0.25) is 4.79 Å². The van der Waals surface area contributed by atoms with E-state index in [2.05, 4.69) is 32.8 Å². The van der Waals surface area contributed by atoms with Crippen molar-refractivity contribution in [3.63, 3.8) is 0 Å². The van der Waals surface area contributed by atoms with Gasteiger partial charge in [0.2, 0.25) is 0 Å². The maximum Gasteiger partial charge on any atom is 0.265 e. The molecule has 1 aliphatic carbocycles. The molecule has 2 atom stereocenters. The SMILES string of the molecule is CCC1CCCC(c2ncc(Br)c(=O)[nH]2)C1. The summed E-state index contributed by atoms with van der Waals surface area (Å²) in [7, 11) is 0. The topological polar surface area (TPSA) is 45.8 Å². The Morgan fingerprint density at radius 2 is 2.38 bits per heavy atom. The molecule has 1 heterocycles. The zero-order chi connectivity index (χ0) is 11.5. The predicted octanol–water partition coefficient (Wildman–Crippen LogP) is 3.22.